The van der Waals surface area contributed by atoms with Crippen LogP contribution in [-0.4, -0.2) is 28.0 Å². The Labute approximate surface area is 105 Å². The van der Waals surface area contributed by atoms with Gasteiger partial charge in [-0.15, -0.1) is 0 Å². The number of imidazole rings is 1. The second-order valence-electron chi connectivity index (χ2n) is 4.54. The Morgan fingerprint density at radius 2 is 2.12 bits per heavy atom. The zero-order valence-electron chi connectivity index (χ0n) is 9.78. The lowest BCUT2D eigenvalue weighted by atomic mass is 10.0. The fourth-order valence-electron chi connectivity index (χ4n) is 2.23. The van der Waals surface area contributed by atoms with Crippen molar-refractivity contribution < 1.29 is 0 Å². The second kappa shape index (κ2) is 5.00. The molecule has 2 heterocycles. The van der Waals surface area contributed by atoms with Crippen LogP contribution < -0.4 is 5.32 Å². The van der Waals surface area contributed by atoms with E-state index in [4.69, 9.17) is 0 Å². The summed E-state index contributed by atoms with van der Waals surface area (Å²) in [6.07, 6.45) is 2.66. The van der Waals surface area contributed by atoms with Crippen molar-refractivity contribution in [3.63, 3.8) is 0 Å². The minimum Gasteiger partial charge on any atom is -0.356 e. The molecule has 0 saturated carbocycles. The predicted octanol–water partition coefficient (Wildman–Crippen LogP) is 3.12. The lowest BCUT2D eigenvalue weighted by Crippen LogP contribution is -2.19. The van der Waals surface area contributed by atoms with Gasteiger partial charge in [-0.05, 0) is 42.4 Å². The van der Waals surface area contributed by atoms with Crippen LogP contribution in [0.2, 0.25) is 0 Å². The first kappa shape index (κ1) is 11.0. The van der Waals surface area contributed by atoms with Gasteiger partial charge in [0, 0.05) is 6.54 Å². The largest absolute Gasteiger partial charge is 0.356 e. The highest BCUT2D eigenvalue weighted by atomic mass is 32.2. The summed E-state index contributed by atoms with van der Waals surface area (Å²) in [5.41, 5.74) is 2.14. The third-order valence-electron chi connectivity index (χ3n) is 3.29. The number of thioether (sulfide) groups is 1. The SMILES string of the molecule is c1ccc2[nH]c(NCC3CCSCC3)nc2c1. The second-order valence-corrected chi connectivity index (χ2v) is 5.76. The van der Waals surface area contributed by atoms with E-state index in [0.717, 1.165) is 29.4 Å². The molecule has 17 heavy (non-hydrogen) atoms. The predicted molar refractivity (Wildman–Crippen MR) is 74.6 cm³/mol. The first-order chi connectivity index (χ1) is 8.42. The summed E-state index contributed by atoms with van der Waals surface area (Å²) in [5, 5.41) is 3.43. The van der Waals surface area contributed by atoms with Gasteiger partial charge in [-0.1, -0.05) is 12.1 Å². The van der Waals surface area contributed by atoms with Gasteiger partial charge in [-0.3, -0.25) is 0 Å². The van der Waals surface area contributed by atoms with Crippen LogP contribution in [0.25, 0.3) is 11.0 Å². The van der Waals surface area contributed by atoms with E-state index in [0.29, 0.717) is 0 Å². The lowest BCUT2D eigenvalue weighted by molar-refractivity contribution is 0.515. The number of H-pyrrole nitrogens is 1. The number of hydrogen-bond donors (Lipinski definition) is 2. The van der Waals surface area contributed by atoms with E-state index in [-0.39, 0.29) is 0 Å². The molecular weight excluding hydrogens is 230 g/mol. The smallest absolute Gasteiger partial charge is 0.201 e. The number of anilines is 1. The van der Waals surface area contributed by atoms with Crippen LogP contribution >= 0.6 is 11.8 Å². The van der Waals surface area contributed by atoms with Crippen molar-refractivity contribution in [3.05, 3.63) is 24.3 Å². The molecular formula is C13H17N3S. The minimum absolute atomic E-state index is 0.810. The number of benzene rings is 1. The molecule has 0 unspecified atom stereocenters. The van der Waals surface area contributed by atoms with Crippen molar-refractivity contribution in [1.29, 1.82) is 0 Å². The monoisotopic (exact) mass is 247 g/mol. The van der Waals surface area contributed by atoms with Gasteiger partial charge in [0.2, 0.25) is 5.95 Å². The first-order valence-electron chi connectivity index (χ1n) is 6.18. The Bertz CT molecular complexity index is 455. The molecule has 3 nitrogen and oxygen atoms in total. The summed E-state index contributed by atoms with van der Waals surface area (Å²) >= 11 is 2.07. The van der Waals surface area contributed by atoms with Gasteiger partial charge in [0.1, 0.15) is 0 Å². The Balaban J connectivity index is 1.64. The third kappa shape index (κ3) is 2.57. The van der Waals surface area contributed by atoms with E-state index >= 15 is 0 Å². The fraction of sp³-hybridized carbons (Fsp3) is 0.462. The zero-order valence-corrected chi connectivity index (χ0v) is 10.6. The molecule has 1 aromatic heterocycles. The normalized spacial score (nSPS) is 17.4. The highest BCUT2D eigenvalue weighted by Crippen LogP contribution is 2.23. The minimum atomic E-state index is 0.810. The van der Waals surface area contributed by atoms with E-state index in [2.05, 4.69) is 33.1 Å². The van der Waals surface area contributed by atoms with Crippen LogP contribution in [0.4, 0.5) is 5.95 Å². The van der Waals surface area contributed by atoms with Crippen LogP contribution in [0.15, 0.2) is 24.3 Å². The van der Waals surface area contributed by atoms with Gasteiger partial charge in [-0.25, -0.2) is 4.98 Å². The molecule has 1 saturated heterocycles. The standard InChI is InChI=1S/C13H17N3S/c1-2-4-12-11(3-1)15-13(16-12)14-9-10-5-7-17-8-6-10/h1-4,10H,5-9H2,(H2,14,15,16). The van der Waals surface area contributed by atoms with Crippen LogP contribution in [0.5, 0.6) is 0 Å². The van der Waals surface area contributed by atoms with Crippen molar-refractivity contribution in [2.75, 3.05) is 23.4 Å². The number of aromatic amines is 1. The highest BCUT2D eigenvalue weighted by Gasteiger charge is 2.13. The molecule has 0 radical (unpaired) electrons. The third-order valence-corrected chi connectivity index (χ3v) is 4.34. The molecule has 0 aliphatic carbocycles. The number of para-hydroxylation sites is 2. The summed E-state index contributed by atoms with van der Waals surface area (Å²) in [7, 11) is 0. The Morgan fingerprint density at radius 1 is 1.29 bits per heavy atom. The molecule has 2 N–H and O–H groups in total. The van der Waals surface area contributed by atoms with Crippen molar-refractivity contribution in [2.45, 2.75) is 12.8 Å². The zero-order chi connectivity index (χ0) is 11.5. The average molecular weight is 247 g/mol. The first-order valence-corrected chi connectivity index (χ1v) is 7.33. The molecule has 1 aromatic carbocycles. The Hall–Kier alpha value is -1.16. The van der Waals surface area contributed by atoms with Crippen molar-refractivity contribution in [2.24, 2.45) is 5.92 Å². The molecule has 1 aliphatic rings. The van der Waals surface area contributed by atoms with Gasteiger partial charge in [0.15, 0.2) is 0 Å². The van der Waals surface area contributed by atoms with Gasteiger partial charge in [-0.2, -0.15) is 11.8 Å². The van der Waals surface area contributed by atoms with Gasteiger partial charge < -0.3 is 10.3 Å². The Morgan fingerprint density at radius 3 is 2.94 bits per heavy atom. The summed E-state index contributed by atoms with van der Waals surface area (Å²) in [5.74, 6) is 4.34. The number of fused-ring (bicyclic) bond motifs is 1. The number of hydrogen-bond acceptors (Lipinski definition) is 3. The quantitative estimate of drug-likeness (QED) is 0.875. The maximum Gasteiger partial charge on any atom is 0.201 e. The van der Waals surface area contributed by atoms with E-state index in [1.165, 1.54) is 24.3 Å². The van der Waals surface area contributed by atoms with Crippen molar-refractivity contribution in [3.8, 4) is 0 Å². The highest BCUT2D eigenvalue weighted by molar-refractivity contribution is 7.99. The lowest BCUT2D eigenvalue weighted by Gasteiger charge is -2.21. The summed E-state index contributed by atoms with van der Waals surface area (Å²) in [6.45, 7) is 1.04. The molecule has 1 fully saturated rings. The van der Waals surface area contributed by atoms with E-state index < -0.39 is 0 Å². The molecule has 0 bridgehead atoms. The maximum atomic E-state index is 4.53. The average Bonchev–Trinajstić information content (AvgIpc) is 2.80. The van der Waals surface area contributed by atoms with Crippen molar-refractivity contribution >= 4 is 28.7 Å². The molecule has 0 atom stereocenters. The molecule has 2 aromatic rings. The summed E-state index contributed by atoms with van der Waals surface area (Å²) in [6, 6.07) is 8.15. The van der Waals surface area contributed by atoms with Gasteiger partial charge >= 0.3 is 0 Å². The number of nitrogens with one attached hydrogen (secondary N) is 2. The summed E-state index contributed by atoms with van der Waals surface area (Å²) < 4.78 is 0. The van der Waals surface area contributed by atoms with E-state index in [1.807, 2.05) is 18.2 Å². The van der Waals surface area contributed by atoms with Crippen LogP contribution in [0.3, 0.4) is 0 Å². The van der Waals surface area contributed by atoms with Crippen LogP contribution in [0, 0.1) is 5.92 Å². The van der Waals surface area contributed by atoms with E-state index in [1.54, 1.807) is 0 Å². The molecule has 0 spiro atoms. The van der Waals surface area contributed by atoms with Crippen LogP contribution in [0.1, 0.15) is 12.8 Å². The molecule has 90 valence electrons. The molecule has 3 rings (SSSR count). The van der Waals surface area contributed by atoms with Crippen LogP contribution in [-0.2, 0) is 0 Å². The molecule has 4 heteroatoms. The topological polar surface area (TPSA) is 40.7 Å². The molecule has 0 amide bonds. The molecule has 1 aliphatic heterocycles. The number of aromatic nitrogens is 2. The number of nitrogens with zero attached hydrogens (tertiary/aromatic N) is 1. The maximum absolute atomic E-state index is 4.53. The van der Waals surface area contributed by atoms with Gasteiger partial charge in [0.05, 0.1) is 11.0 Å². The van der Waals surface area contributed by atoms with Crippen molar-refractivity contribution in [1.82, 2.24) is 9.97 Å². The summed E-state index contributed by atoms with van der Waals surface area (Å²) in [4.78, 5) is 7.83. The fourth-order valence-corrected chi connectivity index (χ4v) is 3.43. The van der Waals surface area contributed by atoms with Gasteiger partial charge in [0.25, 0.3) is 0 Å². The number of rotatable bonds is 3. The Kier molecular flexibility index (Phi) is 3.22. The van der Waals surface area contributed by atoms with E-state index in [9.17, 15) is 0 Å².